The molecule has 25 heavy (non-hydrogen) atoms. The van der Waals surface area contributed by atoms with Crippen LogP contribution < -0.4 is 27.3 Å². The number of aromatic nitrogens is 1. The predicted molar refractivity (Wildman–Crippen MR) is 98.7 cm³/mol. The minimum Gasteiger partial charge on any atom is -1.00 e. The van der Waals surface area contributed by atoms with Crippen LogP contribution in [0.2, 0.25) is 0 Å². The molecule has 2 aromatic carbocycles. The summed E-state index contributed by atoms with van der Waals surface area (Å²) in [6, 6.07) is 15.8. The third-order valence-corrected chi connectivity index (χ3v) is 4.10. The van der Waals surface area contributed by atoms with E-state index in [9.17, 15) is 0 Å². The molecule has 0 amide bonds. The molecule has 0 atom stereocenters. The summed E-state index contributed by atoms with van der Waals surface area (Å²) in [6.45, 7) is 3.27. The second-order valence-electron chi connectivity index (χ2n) is 5.92. The molecule has 5 heteroatoms. The van der Waals surface area contributed by atoms with Crippen LogP contribution in [-0.2, 0) is 6.54 Å². The molecular weight excluding hydrogens is 376 g/mol. The second kappa shape index (κ2) is 9.28. The van der Waals surface area contributed by atoms with E-state index in [1.54, 1.807) is 0 Å². The van der Waals surface area contributed by atoms with Gasteiger partial charge in [-0.1, -0.05) is 37.6 Å². The molecule has 1 aromatic heterocycles. The Morgan fingerprint density at radius 1 is 0.880 bits per heavy atom. The first-order valence-electron chi connectivity index (χ1n) is 8.46. The van der Waals surface area contributed by atoms with E-state index in [1.165, 1.54) is 19.3 Å². The number of benzene rings is 2. The van der Waals surface area contributed by atoms with Crippen molar-refractivity contribution in [3.8, 4) is 0 Å². The molecule has 0 aliphatic rings. The van der Waals surface area contributed by atoms with Crippen molar-refractivity contribution in [2.45, 2.75) is 32.7 Å². The van der Waals surface area contributed by atoms with E-state index in [1.807, 2.05) is 48.5 Å². The van der Waals surface area contributed by atoms with Gasteiger partial charge in [0.1, 0.15) is 6.54 Å². The number of nitrogens with zero attached hydrogens (tertiary/aromatic N) is 3. The Morgan fingerprint density at radius 3 is 2.32 bits per heavy atom. The van der Waals surface area contributed by atoms with Crippen molar-refractivity contribution in [2.75, 3.05) is 5.73 Å². The number of nitrogens with two attached hydrogens (primary N) is 1. The molecule has 3 rings (SSSR count). The summed E-state index contributed by atoms with van der Waals surface area (Å²) in [5.41, 5.74) is 8.47. The predicted octanol–water partition coefficient (Wildman–Crippen LogP) is 2.32. The summed E-state index contributed by atoms with van der Waals surface area (Å²) in [5, 5.41) is 10.8. The molecule has 4 nitrogen and oxygen atoms in total. The number of halogens is 1. The van der Waals surface area contributed by atoms with Crippen LogP contribution in [0.15, 0.2) is 71.2 Å². The molecule has 0 unspecified atom stereocenters. The third-order valence-electron chi connectivity index (χ3n) is 4.10. The Hall–Kier alpha value is -2.27. The van der Waals surface area contributed by atoms with Crippen LogP contribution >= 0.6 is 0 Å². The van der Waals surface area contributed by atoms with Crippen molar-refractivity contribution in [3.05, 3.63) is 60.9 Å². The summed E-state index contributed by atoms with van der Waals surface area (Å²) in [6.07, 6.45) is 7.83. The molecule has 0 radical (unpaired) electrons. The molecule has 2 N–H and O–H groups in total. The molecular formula is C20H23BrN4. The summed E-state index contributed by atoms with van der Waals surface area (Å²) in [5.74, 6) is 0. The standard InChI is InChI=1S/C20H22N4.BrH/c1-2-3-6-13-24-14-11-16(12-15-24)22-23-20-10-9-19(21)17-7-4-5-8-18(17)20;/h4-5,7-12,14-15,21H,2-3,6,13H2,1H3;1H. The number of azo groups is 1. The number of hydrogen-bond acceptors (Lipinski definition) is 3. The summed E-state index contributed by atoms with van der Waals surface area (Å²) >= 11 is 0. The first-order valence-corrected chi connectivity index (χ1v) is 8.46. The zero-order valence-corrected chi connectivity index (χ0v) is 16.0. The summed E-state index contributed by atoms with van der Waals surface area (Å²) < 4.78 is 2.19. The first-order chi connectivity index (χ1) is 11.8. The van der Waals surface area contributed by atoms with E-state index < -0.39 is 0 Å². The lowest BCUT2D eigenvalue weighted by molar-refractivity contribution is -0.697. The molecule has 130 valence electrons. The Balaban J connectivity index is 0.00000225. The smallest absolute Gasteiger partial charge is 0.171 e. The number of hydrogen-bond donors (Lipinski definition) is 1. The van der Waals surface area contributed by atoms with E-state index >= 15 is 0 Å². The van der Waals surface area contributed by atoms with E-state index in [0.29, 0.717) is 0 Å². The van der Waals surface area contributed by atoms with Gasteiger partial charge in [-0.15, -0.1) is 5.11 Å². The fourth-order valence-corrected chi connectivity index (χ4v) is 2.71. The van der Waals surface area contributed by atoms with Crippen LogP contribution in [0, 0.1) is 0 Å². The molecule has 3 aromatic rings. The average Bonchev–Trinajstić information content (AvgIpc) is 2.63. The molecule has 0 aliphatic carbocycles. The van der Waals surface area contributed by atoms with Crippen molar-refractivity contribution < 1.29 is 21.5 Å². The maximum Gasteiger partial charge on any atom is 0.171 e. The van der Waals surface area contributed by atoms with Gasteiger partial charge in [-0.05, 0) is 18.6 Å². The molecule has 0 saturated carbocycles. The van der Waals surface area contributed by atoms with Crippen LogP contribution in [0.25, 0.3) is 10.8 Å². The Kier molecular flexibility index (Phi) is 7.07. The van der Waals surface area contributed by atoms with Crippen LogP contribution in [0.5, 0.6) is 0 Å². The van der Waals surface area contributed by atoms with Crippen LogP contribution in [-0.4, -0.2) is 0 Å². The van der Waals surface area contributed by atoms with Gasteiger partial charge in [0.25, 0.3) is 0 Å². The zero-order chi connectivity index (χ0) is 16.8. The molecule has 0 bridgehead atoms. The molecule has 0 saturated heterocycles. The monoisotopic (exact) mass is 398 g/mol. The maximum absolute atomic E-state index is 6.02. The lowest BCUT2D eigenvalue weighted by atomic mass is 10.1. The number of fused-ring (bicyclic) bond motifs is 1. The SMILES string of the molecule is CCCCC[n+]1ccc(N=Nc2ccc(N)c3ccccc23)cc1.[Br-]. The number of pyridine rings is 1. The topological polar surface area (TPSA) is 54.6 Å². The van der Waals surface area contributed by atoms with E-state index in [2.05, 4.69) is 34.1 Å². The first kappa shape index (κ1) is 19.1. The lowest BCUT2D eigenvalue weighted by Gasteiger charge is -2.04. The number of nitrogen functional groups attached to an aromatic ring is 1. The lowest BCUT2D eigenvalue weighted by Crippen LogP contribution is -3.00. The van der Waals surface area contributed by atoms with Gasteiger partial charge < -0.3 is 22.7 Å². The van der Waals surface area contributed by atoms with Gasteiger partial charge in [0.2, 0.25) is 0 Å². The third kappa shape index (κ3) is 4.86. The summed E-state index contributed by atoms with van der Waals surface area (Å²) in [4.78, 5) is 0. The Morgan fingerprint density at radius 2 is 1.60 bits per heavy atom. The molecule has 0 spiro atoms. The molecule has 1 heterocycles. The highest BCUT2D eigenvalue weighted by atomic mass is 79.9. The van der Waals surface area contributed by atoms with Crippen molar-refractivity contribution in [1.29, 1.82) is 0 Å². The minimum atomic E-state index is 0. The van der Waals surface area contributed by atoms with E-state index in [0.717, 1.165) is 34.4 Å². The Labute approximate surface area is 159 Å². The number of anilines is 1. The van der Waals surface area contributed by atoms with Gasteiger partial charge in [0, 0.05) is 35.0 Å². The molecule has 0 fully saturated rings. The van der Waals surface area contributed by atoms with Crippen LogP contribution in [0.3, 0.4) is 0 Å². The zero-order valence-electron chi connectivity index (χ0n) is 14.4. The van der Waals surface area contributed by atoms with E-state index in [-0.39, 0.29) is 17.0 Å². The van der Waals surface area contributed by atoms with Gasteiger partial charge in [-0.25, -0.2) is 4.57 Å². The summed E-state index contributed by atoms with van der Waals surface area (Å²) in [7, 11) is 0. The maximum atomic E-state index is 6.02. The normalized spacial score (nSPS) is 10.9. The fraction of sp³-hybridized carbons (Fsp3) is 0.250. The van der Waals surface area contributed by atoms with Crippen molar-refractivity contribution in [2.24, 2.45) is 10.2 Å². The van der Waals surface area contributed by atoms with Gasteiger partial charge in [-0.2, -0.15) is 5.11 Å². The van der Waals surface area contributed by atoms with Crippen LogP contribution in [0.4, 0.5) is 17.1 Å². The highest BCUT2D eigenvalue weighted by Gasteiger charge is 2.03. The number of aryl methyl sites for hydroxylation is 1. The van der Waals surface area contributed by atoms with E-state index in [4.69, 9.17) is 5.73 Å². The second-order valence-corrected chi connectivity index (χ2v) is 5.92. The van der Waals surface area contributed by atoms with Crippen molar-refractivity contribution in [1.82, 2.24) is 0 Å². The highest BCUT2D eigenvalue weighted by molar-refractivity contribution is 5.99. The van der Waals surface area contributed by atoms with Crippen molar-refractivity contribution >= 4 is 27.8 Å². The largest absolute Gasteiger partial charge is 1.00 e. The Bertz CT molecular complexity index is 844. The number of rotatable bonds is 6. The van der Waals surface area contributed by atoms with Crippen molar-refractivity contribution in [3.63, 3.8) is 0 Å². The average molecular weight is 399 g/mol. The number of unbranched alkanes of at least 4 members (excludes halogenated alkanes) is 2. The quantitative estimate of drug-likeness (QED) is 0.294. The molecule has 0 aliphatic heterocycles. The van der Waals surface area contributed by atoms with Gasteiger partial charge in [-0.3, -0.25) is 0 Å². The van der Waals surface area contributed by atoms with Gasteiger partial charge in [0.15, 0.2) is 12.4 Å². The fourth-order valence-electron chi connectivity index (χ4n) is 2.71. The van der Waals surface area contributed by atoms with Crippen LogP contribution in [0.1, 0.15) is 26.2 Å². The highest BCUT2D eigenvalue weighted by Crippen LogP contribution is 2.31. The van der Waals surface area contributed by atoms with Gasteiger partial charge in [0.05, 0.1) is 11.4 Å². The minimum absolute atomic E-state index is 0. The van der Waals surface area contributed by atoms with Gasteiger partial charge >= 0.3 is 0 Å².